The van der Waals surface area contributed by atoms with Gasteiger partial charge in [-0.15, -0.1) is 0 Å². The maximum atomic E-state index is 11.1. The number of morpholine rings is 1. The molecule has 0 aromatic heterocycles. The van der Waals surface area contributed by atoms with Gasteiger partial charge in [-0.05, 0) is 20.3 Å². The molecule has 0 aromatic rings. The number of unbranched alkanes of at least 4 members (excludes halogenated alkanes) is 12. The van der Waals surface area contributed by atoms with Crippen LogP contribution in [0.15, 0.2) is 0 Å². The zero-order chi connectivity index (χ0) is 20.9. The number of carbonyl (C=O) groups is 1. The van der Waals surface area contributed by atoms with Crippen LogP contribution in [-0.4, -0.2) is 40.2 Å². The molecule has 2 atom stereocenters. The number of aliphatic carboxylic acids is 1. The number of nitrogens with one attached hydrogen (secondary N) is 1. The Morgan fingerprint density at radius 3 is 1.86 bits per heavy atom. The molecule has 0 saturated carbocycles. The number of carboxylic acids is 1. The molecule has 0 amide bonds. The minimum Gasteiger partial charge on any atom is -0.481 e. The topological polar surface area (TPSA) is 78.8 Å². The van der Waals surface area contributed by atoms with Crippen LogP contribution in [0.5, 0.6) is 0 Å². The van der Waals surface area contributed by atoms with Crippen LogP contribution in [0.25, 0.3) is 0 Å². The lowest BCUT2D eigenvalue weighted by Gasteiger charge is -2.46. The minimum atomic E-state index is -1.24. The molecular formula is C23H45NO4. The molecule has 1 saturated heterocycles. The predicted octanol–water partition coefficient (Wildman–Crippen LogP) is 5.40. The van der Waals surface area contributed by atoms with E-state index in [0.717, 1.165) is 12.8 Å². The average molecular weight is 400 g/mol. The van der Waals surface area contributed by atoms with Crippen LogP contribution < -0.4 is 5.32 Å². The van der Waals surface area contributed by atoms with E-state index in [9.17, 15) is 9.90 Å². The van der Waals surface area contributed by atoms with E-state index in [1.165, 1.54) is 70.6 Å². The molecule has 166 valence electrons. The predicted molar refractivity (Wildman–Crippen MR) is 114 cm³/mol. The number of hydrogen-bond donors (Lipinski definition) is 3. The van der Waals surface area contributed by atoms with Crippen molar-refractivity contribution in [2.45, 2.75) is 135 Å². The Balaban J connectivity index is 2.05. The smallest absolute Gasteiger partial charge is 0.306 e. The molecule has 1 heterocycles. The van der Waals surface area contributed by atoms with Crippen LogP contribution >= 0.6 is 0 Å². The van der Waals surface area contributed by atoms with Crippen LogP contribution in [0.2, 0.25) is 0 Å². The van der Waals surface area contributed by atoms with E-state index >= 15 is 0 Å². The Morgan fingerprint density at radius 1 is 0.929 bits per heavy atom. The maximum Gasteiger partial charge on any atom is 0.306 e. The van der Waals surface area contributed by atoms with E-state index < -0.39 is 23.4 Å². The molecule has 1 aliphatic heterocycles. The fourth-order valence-electron chi connectivity index (χ4n) is 3.96. The Kier molecular flexibility index (Phi) is 12.3. The molecule has 1 rings (SSSR count). The molecule has 0 aromatic carbocycles. The summed E-state index contributed by atoms with van der Waals surface area (Å²) < 4.78 is 5.82. The zero-order valence-corrected chi connectivity index (χ0v) is 18.6. The first-order valence-electron chi connectivity index (χ1n) is 11.7. The largest absolute Gasteiger partial charge is 0.481 e. The molecule has 0 spiro atoms. The molecule has 28 heavy (non-hydrogen) atoms. The number of aliphatic hydroxyl groups is 1. The third kappa shape index (κ3) is 10.8. The van der Waals surface area contributed by atoms with Crippen molar-refractivity contribution in [2.24, 2.45) is 0 Å². The molecule has 1 fully saturated rings. The average Bonchev–Trinajstić information content (AvgIpc) is 2.62. The lowest BCUT2D eigenvalue weighted by Crippen LogP contribution is -2.64. The van der Waals surface area contributed by atoms with Gasteiger partial charge in [0.1, 0.15) is 0 Å². The number of rotatable bonds is 16. The summed E-state index contributed by atoms with van der Waals surface area (Å²) in [6, 6.07) is 0. The van der Waals surface area contributed by atoms with Gasteiger partial charge >= 0.3 is 5.97 Å². The van der Waals surface area contributed by atoms with E-state index in [4.69, 9.17) is 9.84 Å². The standard InChI is InChI=1S/C23H45NO4/c1-4-5-6-7-8-9-10-11-12-13-14-15-16-17-23(27)19-24-22(2,3)20(28-23)18-21(25)26/h20,24,27H,4-19H2,1-3H3,(H,25,26). The van der Waals surface area contributed by atoms with Crippen molar-refractivity contribution in [3.63, 3.8) is 0 Å². The van der Waals surface area contributed by atoms with E-state index in [2.05, 4.69) is 12.2 Å². The van der Waals surface area contributed by atoms with Crippen molar-refractivity contribution in [2.75, 3.05) is 6.54 Å². The molecular weight excluding hydrogens is 354 g/mol. The van der Waals surface area contributed by atoms with Crippen LogP contribution in [-0.2, 0) is 9.53 Å². The van der Waals surface area contributed by atoms with Crippen LogP contribution in [0.1, 0.15) is 117 Å². The summed E-state index contributed by atoms with van der Waals surface area (Å²) in [7, 11) is 0. The Hall–Kier alpha value is -0.650. The summed E-state index contributed by atoms with van der Waals surface area (Å²) in [5, 5.41) is 23.0. The summed E-state index contributed by atoms with van der Waals surface area (Å²) in [6.45, 7) is 6.46. The highest BCUT2D eigenvalue weighted by molar-refractivity contribution is 5.67. The van der Waals surface area contributed by atoms with E-state index in [0.29, 0.717) is 13.0 Å². The van der Waals surface area contributed by atoms with Crippen LogP contribution in [0.4, 0.5) is 0 Å². The SMILES string of the molecule is CCCCCCCCCCCCCCCC1(O)CNC(C)(C)C(CC(=O)O)O1. The summed E-state index contributed by atoms with van der Waals surface area (Å²) in [6.07, 6.45) is 16.7. The van der Waals surface area contributed by atoms with Crippen LogP contribution in [0.3, 0.4) is 0 Å². The maximum absolute atomic E-state index is 11.1. The third-order valence-electron chi connectivity index (χ3n) is 6.02. The fraction of sp³-hybridized carbons (Fsp3) is 0.957. The van der Waals surface area contributed by atoms with Crippen molar-refractivity contribution in [1.29, 1.82) is 0 Å². The van der Waals surface area contributed by atoms with E-state index in [-0.39, 0.29) is 6.42 Å². The van der Waals surface area contributed by atoms with Crippen molar-refractivity contribution in [3.05, 3.63) is 0 Å². The third-order valence-corrected chi connectivity index (χ3v) is 6.02. The fourth-order valence-corrected chi connectivity index (χ4v) is 3.96. The summed E-state index contributed by atoms with van der Waals surface area (Å²) in [5.41, 5.74) is -0.444. The van der Waals surface area contributed by atoms with Gasteiger partial charge in [-0.2, -0.15) is 0 Å². The minimum absolute atomic E-state index is 0.0963. The lowest BCUT2D eigenvalue weighted by atomic mass is 9.90. The van der Waals surface area contributed by atoms with Crippen LogP contribution in [0, 0.1) is 0 Å². The molecule has 1 aliphatic rings. The highest BCUT2D eigenvalue weighted by atomic mass is 16.6. The van der Waals surface area contributed by atoms with Gasteiger partial charge in [0.25, 0.3) is 0 Å². The number of ether oxygens (including phenoxy) is 1. The van der Waals surface area contributed by atoms with Gasteiger partial charge in [0.15, 0.2) is 5.79 Å². The molecule has 5 heteroatoms. The Labute approximate surface area is 172 Å². The van der Waals surface area contributed by atoms with Crippen molar-refractivity contribution in [1.82, 2.24) is 5.32 Å². The normalized spacial score (nSPS) is 24.4. The summed E-state index contributed by atoms with van der Waals surface area (Å²) >= 11 is 0. The lowest BCUT2D eigenvalue weighted by molar-refractivity contribution is -0.269. The van der Waals surface area contributed by atoms with Gasteiger partial charge < -0.3 is 20.3 Å². The second kappa shape index (κ2) is 13.6. The summed E-state index contributed by atoms with van der Waals surface area (Å²) in [4.78, 5) is 11.1. The van der Waals surface area contributed by atoms with Crippen molar-refractivity contribution >= 4 is 5.97 Å². The highest BCUT2D eigenvalue weighted by Crippen LogP contribution is 2.30. The molecule has 0 bridgehead atoms. The van der Waals surface area contributed by atoms with Gasteiger partial charge in [-0.1, -0.05) is 84.0 Å². The van der Waals surface area contributed by atoms with E-state index in [1.807, 2.05) is 13.8 Å². The molecule has 0 radical (unpaired) electrons. The first-order valence-corrected chi connectivity index (χ1v) is 11.7. The second-order valence-electron chi connectivity index (χ2n) is 9.22. The first kappa shape index (κ1) is 25.4. The second-order valence-corrected chi connectivity index (χ2v) is 9.22. The monoisotopic (exact) mass is 399 g/mol. The quantitative estimate of drug-likeness (QED) is 0.303. The van der Waals surface area contributed by atoms with E-state index in [1.54, 1.807) is 0 Å². The Morgan fingerprint density at radius 2 is 1.39 bits per heavy atom. The first-order chi connectivity index (χ1) is 13.3. The summed E-state index contributed by atoms with van der Waals surface area (Å²) in [5.74, 6) is -2.14. The van der Waals surface area contributed by atoms with Gasteiger partial charge in [0, 0.05) is 12.0 Å². The number of β-amino-alcohol motifs (C(OH)–C–C–N with tert-alkyl or cyclic N) is 1. The molecule has 5 nitrogen and oxygen atoms in total. The number of hydrogen-bond acceptors (Lipinski definition) is 4. The zero-order valence-electron chi connectivity index (χ0n) is 18.6. The van der Waals surface area contributed by atoms with Gasteiger partial charge in [-0.25, -0.2) is 0 Å². The number of carboxylic acid groups (broad SMARTS) is 1. The van der Waals surface area contributed by atoms with Crippen molar-refractivity contribution < 1.29 is 19.7 Å². The van der Waals surface area contributed by atoms with Crippen molar-refractivity contribution in [3.8, 4) is 0 Å². The molecule has 3 N–H and O–H groups in total. The van der Waals surface area contributed by atoms with Gasteiger partial charge in [0.05, 0.1) is 19.1 Å². The molecule has 2 unspecified atom stereocenters. The highest BCUT2D eigenvalue weighted by Gasteiger charge is 2.44. The van der Waals surface area contributed by atoms with Gasteiger partial charge in [0.2, 0.25) is 0 Å². The van der Waals surface area contributed by atoms with Gasteiger partial charge in [-0.3, -0.25) is 4.79 Å². The Bertz CT molecular complexity index is 427. The molecule has 0 aliphatic carbocycles.